The summed E-state index contributed by atoms with van der Waals surface area (Å²) in [5.74, 6) is 0. The van der Waals surface area contributed by atoms with Crippen LogP contribution >= 0.6 is 15.9 Å². The fourth-order valence-corrected chi connectivity index (χ4v) is 1.85. The average Bonchev–Trinajstić information content (AvgIpc) is 2.21. The van der Waals surface area contributed by atoms with Gasteiger partial charge in [-0.05, 0) is 30.3 Å². The van der Waals surface area contributed by atoms with E-state index in [1.807, 2.05) is 25.2 Å². The Labute approximate surface area is 98.6 Å². The molecule has 0 aromatic heterocycles. The monoisotopic (exact) mass is 273 g/mol. The van der Waals surface area contributed by atoms with Crippen molar-refractivity contribution in [3.63, 3.8) is 0 Å². The highest BCUT2D eigenvalue weighted by atomic mass is 79.9. The second kappa shape index (κ2) is 6.23. The van der Waals surface area contributed by atoms with Crippen LogP contribution in [0.1, 0.15) is 17.2 Å². The van der Waals surface area contributed by atoms with E-state index in [9.17, 15) is 5.11 Å². The Morgan fingerprint density at radius 1 is 1.53 bits per heavy atom. The summed E-state index contributed by atoms with van der Waals surface area (Å²) in [7, 11) is 3.47. The third-order valence-electron chi connectivity index (χ3n) is 2.16. The van der Waals surface area contributed by atoms with Gasteiger partial charge in [-0.2, -0.15) is 0 Å². The molecule has 0 aliphatic carbocycles. The smallest absolute Gasteiger partial charge is 0.0918 e. The van der Waals surface area contributed by atoms with Crippen LogP contribution in [-0.2, 0) is 11.3 Å². The molecular formula is C11H16BrNO2. The van der Waals surface area contributed by atoms with Crippen LogP contribution in [0, 0.1) is 0 Å². The van der Waals surface area contributed by atoms with Crippen molar-refractivity contribution in [3.05, 3.63) is 33.8 Å². The molecule has 0 amide bonds. The highest BCUT2D eigenvalue weighted by Gasteiger charge is 2.11. The van der Waals surface area contributed by atoms with E-state index in [2.05, 4.69) is 21.2 Å². The highest BCUT2D eigenvalue weighted by Crippen LogP contribution is 2.23. The van der Waals surface area contributed by atoms with Crippen LogP contribution in [0.3, 0.4) is 0 Å². The van der Waals surface area contributed by atoms with Crippen LogP contribution in [0.4, 0.5) is 0 Å². The highest BCUT2D eigenvalue weighted by molar-refractivity contribution is 9.10. The maximum absolute atomic E-state index is 9.91. The van der Waals surface area contributed by atoms with E-state index in [-0.39, 0.29) is 0 Å². The molecule has 1 unspecified atom stereocenters. The normalized spacial score (nSPS) is 12.8. The number of likely N-dealkylation sites (N-methyl/N-ethyl adjacent to an activating group) is 1. The molecule has 0 aliphatic heterocycles. The van der Waals surface area contributed by atoms with Crippen LogP contribution in [0.25, 0.3) is 0 Å². The molecule has 1 aromatic carbocycles. The summed E-state index contributed by atoms with van der Waals surface area (Å²) in [6.07, 6.45) is -0.502. The lowest BCUT2D eigenvalue weighted by Gasteiger charge is -2.15. The zero-order chi connectivity index (χ0) is 11.3. The summed E-state index contributed by atoms with van der Waals surface area (Å²) in [5, 5.41) is 12.9. The van der Waals surface area contributed by atoms with E-state index in [0.29, 0.717) is 13.2 Å². The van der Waals surface area contributed by atoms with Gasteiger partial charge in [0.1, 0.15) is 0 Å². The van der Waals surface area contributed by atoms with Gasteiger partial charge in [-0.15, -0.1) is 0 Å². The fourth-order valence-electron chi connectivity index (χ4n) is 1.47. The van der Waals surface area contributed by atoms with Gasteiger partial charge in [0.15, 0.2) is 0 Å². The van der Waals surface area contributed by atoms with E-state index in [1.54, 1.807) is 7.11 Å². The number of benzene rings is 1. The predicted molar refractivity (Wildman–Crippen MR) is 63.7 cm³/mol. The maximum Gasteiger partial charge on any atom is 0.0918 e. The predicted octanol–water partition coefficient (Wildman–Crippen LogP) is 1.85. The molecule has 1 atom stereocenters. The molecule has 0 saturated carbocycles. The van der Waals surface area contributed by atoms with Crippen molar-refractivity contribution < 1.29 is 9.84 Å². The number of aliphatic hydroxyl groups is 1. The lowest BCUT2D eigenvalue weighted by atomic mass is 10.0. The average molecular weight is 274 g/mol. The molecule has 4 heteroatoms. The molecule has 0 spiro atoms. The van der Waals surface area contributed by atoms with Crippen molar-refractivity contribution in [1.29, 1.82) is 0 Å². The van der Waals surface area contributed by atoms with Gasteiger partial charge in [0.2, 0.25) is 0 Å². The molecule has 84 valence electrons. The van der Waals surface area contributed by atoms with Gasteiger partial charge in [0.05, 0.1) is 12.7 Å². The summed E-state index contributed by atoms with van der Waals surface area (Å²) in [6.45, 7) is 1.05. The van der Waals surface area contributed by atoms with Crippen LogP contribution in [-0.4, -0.2) is 25.8 Å². The minimum Gasteiger partial charge on any atom is -0.387 e. The topological polar surface area (TPSA) is 41.5 Å². The van der Waals surface area contributed by atoms with Gasteiger partial charge in [-0.25, -0.2) is 0 Å². The van der Waals surface area contributed by atoms with Gasteiger partial charge in [-0.1, -0.05) is 22.0 Å². The molecule has 1 rings (SSSR count). The fraction of sp³-hybridized carbons (Fsp3) is 0.455. The number of ether oxygens (including phenoxy) is 1. The molecule has 0 aliphatic rings. The van der Waals surface area contributed by atoms with Crippen molar-refractivity contribution in [2.45, 2.75) is 12.7 Å². The molecule has 0 heterocycles. The van der Waals surface area contributed by atoms with Gasteiger partial charge in [0.25, 0.3) is 0 Å². The number of hydrogen-bond donors (Lipinski definition) is 2. The zero-order valence-corrected chi connectivity index (χ0v) is 10.5. The molecule has 3 nitrogen and oxygen atoms in total. The van der Waals surface area contributed by atoms with Gasteiger partial charge >= 0.3 is 0 Å². The molecule has 0 saturated heterocycles. The van der Waals surface area contributed by atoms with E-state index >= 15 is 0 Å². The second-order valence-electron chi connectivity index (χ2n) is 3.35. The van der Waals surface area contributed by atoms with Crippen LogP contribution < -0.4 is 5.32 Å². The number of nitrogens with one attached hydrogen (secondary N) is 1. The Bertz CT molecular complexity index is 317. The Balaban J connectivity index is 2.95. The summed E-state index contributed by atoms with van der Waals surface area (Å²) in [5.41, 5.74) is 1.92. The Morgan fingerprint density at radius 3 is 2.87 bits per heavy atom. The SMILES string of the molecule is CNCC(O)c1cc(Br)ccc1COC. The number of methoxy groups -OCH3 is 1. The second-order valence-corrected chi connectivity index (χ2v) is 4.27. The van der Waals surface area contributed by atoms with Crippen LogP contribution in [0.2, 0.25) is 0 Å². The van der Waals surface area contributed by atoms with Crippen LogP contribution in [0.5, 0.6) is 0 Å². The lowest BCUT2D eigenvalue weighted by molar-refractivity contribution is 0.161. The Hall–Kier alpha value is -0.420. The molecule has 2 N–H and O–H groups in total. The maximum atomic E-state index is 9.91. The third-order valence-corrected chi connectivity index (χ3v) is 2.66. The van der Waals surface area contributed by atoms with E-state index in [1.165, 1.54) is 0 Å². The molecular weight excluding hydrogens is 258 g/mol. The van der Waals surface area contributed by atoms with Crippen molar-refractivity contribution in [3.8, 4) is 0 Å². The summed E-state index contributed by atoms with van der Waals surface area (Å²) in [4.78, 5) is 0. The van der Waals surface area contributed by atoms with Crippen molar-refractivity contribution in [2.75, 3.05) is 20.7 Å². The minimum atomic E-state index is -0.502. The molecule has 1 aromatic rings. The van der Waals surface area contributed by atoms with E-state index < -0.39 is 6.10 Å². The standard InChI is InChI=1S/C11H16BrNO2/c1-13-6-11(14)10-5-9(12)4-3-8(10)7-15-2/h3-5,11,13-14H,6-7H2,1-2H3. The van der Waals surface area contributed by atoms with Crippen LogP contribution in [0.15, 0.2) is 22.7 Å². The Morgan fingerprint density at radius 2 is 2.27 bits per heavy atom. The first kappa shape index (κ1) is 12.6. The summed E-state index contributed by atoms with van der Waals surface area (Å²) in [6, 6.07) is 5.84. The molecule has 15 heavy (non-hydrogen) atoms. The first-order valence-electron chi connectivity index (χ1n) is 4.79. The molecule has 0 fully saturated rings. The number of rotatable bonds is 5. The summed E-state index contributed by atoms with van der Waals surface area (Å²) < 4.78 is 6.06. The third kappa shape index (κ3) is 3.57. The quantitative estimate of drug-likeness (QED) is 0.861. The van der Waals surface area contributed by atoms with Crippen molar-refractivity contribution in [2.24, 2.45) is 0 Å². The lowest BCUT2D eigenvalue weighted by Crippen LogP contribution is -2.18. The van der Waals surface area contributed by atoms with Gasteiger partial charge in [-0.3, -0.25) is 0 Å². The van der Waals surface area contributed by atoms with Crippen molar-refractivity contribution in [1.82, 2.24) is 5.32 Å². The van der Waals surface area contributed by atoms with Gasteiger partial charge in [0, 0.05) is 18.1 Å². The number of halogens is 1. The number of hydrogen-bond acceptors (Lipinski definition) is 3. The first-order valence-corrected chi connectivity index (χ1v) is 5.58. The van der Waals surface area contributed by atoms with E-state index in [0.717, 1.165) is 15.6 Å². The summed E-state index contributed by atoms with van der Waals surface area (Å²) >= 11 is 3.39. The Kier molecular flexibility index (Phi) is 5.25. The number of aliphatic hydroxyl groups excluding tert-OH is 1. The molecule has 0 bridgehead atoms. The molecule has 0 radical (unpaired) electrons. The van der Waals surface area contributed by atoms with Crippen molar-refractivity contribution >= 4 is 15.9 Å². The first-order chi connectivity index (χ1) is 7.19. The van der Waals surface area contributed by atoms with Gasteiger partial charge < -0.3 is 15.2 Å². The zero-order valence-electron chi connectivity index (χ0n) is 8.96. The largest absolute Gasteiger partial charge is 0.387 e. The minimum absolute atomic E-state index is 0.502. The van der Waals surface area contributed by atoms with E-state index in [4.69, 9.17) is 4.74 Å².